The van der Waals surface area contributed by atoms with E-state index in [1.807, 2.05) is 50.2 Å². The topological polar surface area (TPSA) is 65.7 Å². The van der Waals surface area contributed by atoms with Crippen LogP contribution in [0, 0.1) is 13.8 Å². The summed E-state index contributed by atoms with van der Waals surface area (Å²) >= 11 is 0. The van der Waals surface area contributed by atoms with Gasteiger partial charge in [0.2, 0.25) is 11.2 Å². The highest BCUT2D eigenvalue weighted by Gasteiger charge is 2.23. The summed E-state index contributed by atoms with van der Waals surface area (Å²) in [4.78, 5) is 25.1. The van der Waals surface area contributed by atoms with Crippen LogP contribution in [0.4, 0.5) is 0 Å². The van der Waals surface area contributed by atoms with Crippen molar-refractivity contribution < 1.29 is 18.7 Å². The summed E-state index contributed by atoms with van der Waals surface area (Å²) in [5.74, 6) is -0.222. The maximum Gasteiger partial charge on any atom is 0.347 e. The van der Waals surface area contributed by atoms with Crippen molar-refractivity contribution in [3.8, 4) is 17.1 Å². The highest BCUT2D eigenvalue weighted by atomic mass is 16.6. The molecule has 0 saturated heterocycles. The number of rotatable bonds is 5. The van der Waals surface area contributed by atoms with Gasteiger partial charge in [0.15, 0.2) is 11.9 Å². The van der Waals surface area contributed by atoms with Crippen LogP contribution in [-0.2, 0) is 9.53 Å². The fourth-order valence-corrected chi connectivity index (χ4v) is 2.77. The van der Waals surface area contributed by atoms with E-state index in [0.29, 0.717) is 22.3 Å². The first-order valence-electron chi connectivity index (χ1n) is 8.88. The molecule has 5 nitrogen and oxygen atoms in total. The van der Waals surface area contributed by atoms with Crippen molar-refractivity contribution in [1.82, 2.24) is 0 Å². The minimum atomic E-state index is -0.931. The van der Waals surface area contributed by atoms with Crippen molar-refractivity contribution in [3.05, 3.63) is 63.8 Å². The molecule has 0 aliphatic rings. The van der Waals surface area contributed by atoms with Crippen molar-refractivity contribution in [2.45, 2.75) is 33.8 Å². The third-order valence-corrected chi connectivity index (χ3v) is 4.23. The van der Waals surface area contributed by atoms with Crippen molar-refractivity contribution in [3.63, 3.8) is 0 Å². The molecule has 0 amide bonds. The molecule has 1 heterocycles. The second-order valence-electron chi connectivity index (χ2n) is 6.47. The Kier molecular flexibility index (Phi) is 5.31. The fraction of sp³-hybridized carbons (Fsp3) is 0.273. The van der Waals surface area contributed by atoms with Crippen LogP contribution in [0.5, 0.6) is 5.75 Å². The van der Waals surface area contributed by atoms with E-state index in [4.69, 9.17) is 13.9 Å². The molecular formula is C22H22O5. The predicted molar refractivity (Wildman–Crippen MR) is 104 cm³/mol. The summed E-state index contributed by atoms with van der Waals surface area (Å²) in [5, 5.41) is 0.405. The number of esters is 1. The van der Waals surface area contributed by atoms with Gasteiger partial charge in [-0.1, -0.05) is 35.9 Å². The highest BCUT2D eigenvalue weighted by Crippen LogP contribution is 2.32. The van der Waals surface area contributed by atoms with Crippen molar-refractivity contribution in [1.29, 1.82) is 0 Å². The summed E-state index contributed by atoms with van der Waals surface area (Å²) in [6.45, 7) is 7.41. The number of aryl methyl sites for hydroxylation is 2. The molecule has 27 heavy (non-hydrogen) atoms. The van der Waals surface area contributed by atoms with E-state index in [9.17, 15) is 9.59 Å². The predicted octanol–water partition coefficient (Wildman–Crippen LogP) is 4.41. The van der Waals surface area contributed by atoms with Gasteiger partial charge in [0.05, 0.1) is 12.0 Å². The summed E-state index contributed by atoms with van der Waals surface area (Å²) in [6, 6.07) is 12.9. The Labute approximate surface area is 157 Å². The average Bonchev–Trinajstić information content (AvgIpc) is 2.64. The number of carbonyl (C=O) groups is 1. The van der Waals surface area contributed by atoms with Gasteiger partial charge in [-0.3, -0.25) is 4.79 Å². The Hall–Kier alpha value is -3.08. The Morgan fingerprint density at radius 1 is 1.07 bits per heavy atom. The number of carbonyl (C=O) groups excluding carboxylic acids is 1. The largest absolute Gasteiger partial charge is 0.471 e. The quantitative estimate of drug-likeness (QED) is 0.626. The molecule has 0 radical (unpaired) electrons. The van der Waals surface area contributed by atoms with Crippen LogP contribution < -0.4 is 10.2 Å². The Morgan fingerprint density at radius 3 is 2.41 bits per heavy atom. The van der Waals surface area contributed by atoms with E-state index in [-0.39, 0.29) is 17.8 Å². The highest BCUT2D eigenvalue weighted by molar-refractivity contribution is 5.83. The zero-order chi connectivity index (χ0) is 19.6. The molecule has 2 aromatic carbocycles. The smallest absolute Gasteiger partial charge is 0.347 e. The average molecular weight is 366 g/mol. The maximum absolute atomic E-state index is 13.1. The molecule has 0 aliphatic heterocycles. The van der Waals surface area contributed by atoms with Gasteiger partial charge >= 0.3 is 5.97 Å². The molecule has 140 valence electrons. The minimum absolute atomic E-state index is 0.00996. The molecule has 0 N–H and O–H groups in total. The summed E-state index contributed by atoms with van der Waals surface area (Å²) in [5.41, 5.74) is 2.93. The van der Waals surface area contributed by atoms with Gasteiger partial charge < -0.3 is 13.9 Å². The zero-order valence-corrected chi connectivity index (χ0v) is 15.9. The lowest BCUT2D eigenvalue weighted by Crippen LogP contribution is -2.28. The van der Waals surface area contributed by atoms with Gasteiger partial charge in [0.25, 0.3) is 0 Å². The Morgan fingerprint density at radius 2 is 1.74 bits per heavy atom. The van der Waals surface area contributed by atoms with Crippen molar-refractivity contribution >= 4 is 16.9 Å². The van der Waals surface area contributed by atoms with Crippen LogP contribution in [-0.4, -0.2) is 18.7 Å². The lowest BCUT2D eigenvalue weighted by atomic mass is 10.1. The first kappa shape index (κ1) is 18.7. The maximum atomic E-state index is 13.1. The van der Waals surface area contributed by atoms with E-state index in [0.717, 1.165) is 11.1 Å². The molecule has 1 atom stereocenters. The zero-order valence-electron chi connectivity index (χ0n) is 15.9. The lowest BCUT2D eigenvalue weighted by Gasteiger charge is -2.16. The molecule has 0 saturated carbocycles. The molecule has 0 bridgehead atoms. The molecular weight excluding hydrogens is 344 g/mol. The van der Waals surface area contributed by atoms with Crippen LogP contribution >= 0.6 is 0 Å². The van der Waals surface area contributed by atoms with Gasteiger partial charge in [-0.2, -0.15) is 0 Å². The summed E-state index contributed by atoms with van der Waals surface area (Å²) in [7, 11) is 0. The van der Waals surface area contributed by atoms with Gasteiger partial charge in [-0.05, 0) is 45.4 Å². The second kappa shape index (κ2) is 7.66. The SMILES string of the molecule is CCOC(=O)C(C)Oc1c(-c2ccc(C)cc2)oc2cc(C)ccc2c1=O. The number of benzene rings is 2. The van der Waals surface area contributed by atoms with E-state index in [2.05, 4.69) is 0 Å². The van der Waals surface area contributed by atoms with E-state index in [1.54, 1.807) is 19.9 Å². The minimum Gasteiger partial charge on any atom is -0.471 e. The standard InChI is InChI=1S/C22H22O5/c1-5-25-22(24)15(4)26-21-19(23)17-11-8-14(3)12-18(17)27-20(21)16-9-6-13(2)7-10-16/h6-12,15H,5H2,1-4H3. The van der Waals surface area contributed by atoms with Gasteiger partial charge in [0, 0.05) is 5.56 Å². The van der Waals surface area contributed by atoms with E-state index < -0.39 is 12.1 Å². The normalized spacial score (nSPS) is 12.0. The molecule has 1 unspecified atom stereocenters. The van der Waals surface area contributed by atoms with E-state index in [1.165, 1.54) is 0 Å². The lowest BCUT2D eigenvalue weighted by molar-refractivity contribution is -0.150. The fourth-order valence-electron chi connectivity index (χ4n) is 2.77. The van der Waals surface area contributed by atoms with Crippen molar-refractivity contribution in [2.75, 3.05) is 6.61 Å². The first-order valence-corrected chi connectivity index (χ1v) is 8.88. The first-order chi connectivity index (χ1) is 12.9. The van der Waals surface area contributed by atoms with Crippen LogP contribution in [0.1, 0.15) is 25.0 Å². The third kappa shape index (κ3) is 3.87. The molecule has 0 fully saturated rings. The third-order valence-electron chi connectivity index (χ3n) is 4.23. The van der Waals surface area contributed by atoms with Gasteiger partial charge in [-0.15, -0.1) is 0 Å². The van der Waals surface area contributed by atoms with Gasteiger partial charge in [-0.25, -0.2) is 4.79 Å². The molecule has 3 rings (SSSR count). The molecule has 5 heteroatoms. The second-order valence-corrected chi connectivity index (χ2v) is 6.47. The monoisotopic (exact) mass is 366 g/mol. The van der Waals surface area contributed by atoms with Gasteiger partial charge in [0.1, 0.15) is 5.58 Å². The summed E-state index contributed by atoms with van der Waals surface area (Å²) < 4.78 is 16.8. The molecule has 0 aliphatic carbocycles. The molecule has 1 aromatic heterocycles. The van der Waals surface area contributed by atoms with Crippen molar-refractivity contribution in [2.24, 2.45) is 0 Å². The number of hydrogen-bond donors (Lipinski definition) is 0. The van der Waals surface area contributed by atoms with Crippen LogP contribution in [0.25, 0.3) is 22.3 Å². The number of fused-ring (bicyclic) bond motifs is 1. The van der Waals surface area contributed by atoms with Crippen LogP contribution in [0.15, 0.2) is 51.7 Å². The van der Waals surface area contributed by atoms with Crippen LogP contribution in [0.3, 0.4) is 0 Å². The number of ether oxygens (including phenoxy) is 2. The summed E-state index contributed by atoms with van der Waals surface area (Å²) in [6.07, 6.45) is -0.931. The Bertz CT molecular complexity index is 1030. The number of hydrogen-bond acceptors (Lipinski definition) is 5. The molecule has 0 spiro atoms. The van der Waals surface area contributed by atoms with Crippen LogP contribution in [0.2, 0.25) is 0 Å². The van der Waals surface area contributed by atoms with E-state index >= 15 is 0 Å². The Balaban J connectivity index is 2.19. The molecule has 3 aromatic rings.